The Morgan fingerprint density at radius 2 is 0.773 bits per heavy atom. The van der Waals surface area contributed by atoms with Gasteiger partial charge in [0, 0.05) is 47.3 Å². The van der Waals surface area contributed by atoms with Gasteiger partial charge in [0.15, 0.2) is 0 Å². The molecule has 0 amide bonds. The van der Waals surface area contributed by atoms with Gasteiger partial charge in [0.25, 0.3) is 0 Å². The van der Waals surface area contributed by atoms with Crippen molar-refractivity contribution in [1.29, 1.82) is 0 Å². The second kappa shape index (κ2) is 13.5. The molecule has 11 aromatic rings. The highest BCUT2D eigenvalue weighted by atomic mass is 32.2. The van der Waals surface area contributed by atoms with Gasteiger partial charge in [-0.15, -0.1) is 0 Å². The summed E-state index contributed by atoms with van der Waals surface area (Å²) in [7, 11) is 0. The van der Waals surface area contributed by atoms with Crippen molar-refractivity contribution >= 4 is 62.5 Å². The van der Waals surface area contributed by atoms with Crippen LogP contribution in [0, 0.1) is 0 Å². The van der Waals surface area contributed by atoms with Gasteiger partial charge in [-0.05, 0) is 128 Å². The first-order valence-corrected chi connectivity index (χ1v) is 24.3. The number of rotatable bonds is 3. The minimum atomic E-state index is -0.515. The third-order valence-electron chi connectivity index (χ3n) is 14.8. The summed E-state index contributed by atoms with van der Waals surface area (Å²) < 4.78 is 6.48. The molecule has 1 aromatic heterocycles. The van der Waals surface area contributed by atoms with E-state index in [-0.39, 0.29) is 0 Å². The zero-order valence-corrected chi connectivity index (χ0v) is 37.2. The zero-order valence-electron chi connectivity index (χ0n) is 35.5. The van der Waals surface area contributed by atoms with Crippen molar-refractivity contribution in [3.05, 3.63) is 269 Å². The molecule has 3 heterocycles. The van der Waals surface area contributed by atoms with Gasteiger partial charge in [0.1, 0.15) is 11.2 Å². The molecule has 0 saturated heterocycles. The summed E-state index contributed by atoms with van der Waals surface area (Å²) in [6.07, 6.45) is 0. The molecule has 308 valence electrons. The van der Waals surface area contributed by atoms with Gasteiger partial charge in [0.2, 0.25) is 0 Å². The van der Waals surface area contributed by atoms with Crippen molar-refractivity contribution in [2.24, 2.45) is 0 Å². The monoisotopic (exact) mass is 875 g/mol. The first kappa shape index (κ1) is 36.8. The van der Waals surface area contributed by atoms with Crippen LogP contribution in [0.5, 0.6) is 0 Å². The number of fused-ring (bicyclic) bond motifs is 21. The number of para-hydroxylation sites is 1. The second-order valence-electron chi connectivity index (χ2n) is 17.8. The number of anilines is 3. The normalized spacial score (nSPS) is 14.8. The third kappa shape index (κ3) is 4.65. The van der Waals surface area contributed by atoms with E-state index in [4.69, 9.17) is 4.42 Å². The van der Waals surface area contributed by atoms with Crippen LogP contribution >= 0.6 is 23.5 Å². The number of benzene rings is 10. The maximum atomic E-state index is 6.48. The Balaban J connectivity index is 1.05. The SMILES string of the molecule is c1ccc2c(c1)Sc1ccccc1C21c2ccccc2-c2ccc(N(c3ccc4oc5ccccc5c4c3)c3cccc4c3-c3ccccc3C43c4ccccc4Sc4ccccc43)cc21. The van der Waals surface area contributed by atoms with Crippen molar-refractivity contribution in [3.63, 3.8) is 0 Å². The molecule has 0 saturated carbocycles. The Hall–Kier alpha value is -7.50. The Kier molecular flexibility index (Phi) is 7.54. The van der Waals surface area contributed by atoms with E-state index in [1.807, 2.05) is 23.5 Å². The van der Waals surface area contributed by atoms with Crippen LogP contribution in [-0.2, 0) is 10.8 Å². The maximum absolute atomic E-state index is 6.48. The Bertz CT molecular complexity index is 3790. The predicted molar refractivity (Wildman–Crippen MR) is 271 cm³/mol. The summed E-state index contributed by atoms with van der Waals surface area (Å²) in [5, 5.41) is 2.21. The fraction of sp³-hybridized carbons (Fsp3) is 0.0323. The highest BCUT2D eigenvalue weighted by Gasteiger charge is 2.52. The molecule has 15 rings (SSSR count). The largest absolute Gasteiger partial charge is 0.456 e. The molecule has 2 aliphatic carbocycles. The van der Waals surface area contributed by atoms with E-state index in [2.05, 4.69) is 229 Å². The van der Waals surface area contributed by atoms with Crippen LogP contribution in [0.1, 0.15) is 44.5 Å². The molecule has 0 fully saturated rings. The van der Waals surface area contributed by atoms with Crippen molar-refractivity contribution < 1.29 is 4.42 Å². The van der Waals surface area contributed by atoms with Crippen LogP contribution < -0.4 is 4.90 Å². The summed E-state index contributed by atoms with van der Waals surface area (Å²) >= 11 is 3.77. The molecule has 0 bridgehead atoms. The molecule has 4 heteroatoms. The first-order chi connectivity index (χ1) is 32.7. The van der Waals surface area contributed by atoms with Crippen LogP contribution in [0.4, 0.5) is 17.1 Å². The Labute approximate surface area is 391 Å². The Morgan fingerprint density at radius 3 is 1.42 bits per heavy atom. The van der Waals surface area contributed by atoms with Crippen molar-refractivity contribution in [2.45, 2.75) is 30.4 Å². The molecule has 2 spiro atoms. The van der Waals surface area contributed by atoms with Crippen LogP contribution in [-0.4, -0.2) is 0 Å². The molecular weight excluding hydrogens is 839 g/mol. The fourth-order valence-corrected chi connectivity index (χ4v) is 14.7. The van der Waals surface area contributed by atoms with Gasteiger partial charge in [-0.1, -0.05) is 181 Å². The molecular formula is C62H37NOS2. The number of furan rings is 1. The lowest BCUT2D eigenvalue weighted by atomic mass is 9.67. The summed E-state index contributed by atoms with van der Waals surface area (Å²) in [6, 6.07) is 84.1. The van der Waals surface area contributed by atoms with E-state index in [1.165, 1.54) is 86.3 Å². The van der Waals surface area contributed by atoms with Crippen LogP contribution in [0.3, 0.4) is 0 Å². The minimum Gasteiger partial charge on any atom is -0.456 e. The molecule has 0 atom stereocenters. The summed E-state index contributed by atoms with van der Waals surface area (Å²) in [4.78, 5) is 7.73. The lowest BCUT2D eigenvalue weighted by Gasteiger charge is -2.40. The van der Waals surface area contributed by atoms with Crippen LogP contribution in [0.15, 0.2) is 248 Å². The molecule has 0 unspecified atom stereocenters. The summed E-state index contributed by atoms with van der Waals surface area (Å²) in [5.41, 5.74) is 19.7. The average molecular weight is 876 g/mol. The topological polar surface area (TPSA) is 16.4 Å². The van der Waals surface area contributed by atoms with Crippen molar-refractivity contribution in [3.8, 4) is 22.3 Å². The molecule has 0 radical (unpaired) electrons. The highest BCUT2D eigenvalue weighted by molar-refractivity contribution is 7.99. The number of hydrogen-bond acceptors (Lipinski definition) is 4. The quantitative estimate of drug-likeness (QED) is 0.176. The molecule has 4 aliphatic rings. The smallest absolute Gasteiger partial charge is 0.135 e. The van der Waals surface area contributed by atoms with Gasteiger partial charge < -0.3 is 9.32 Å². The van der Waals surface area contributed by atoms with Crippen LogP contribution in [0.25, 0.3) is 44.2 Å². The van der Waals surface area contributed by atoms with Gasteiger partial charge >= 0.3 is 0 Å². The number of nitrogens with zero attached hydrogens (tertiary/aromatic N) is 1. The summed E-state index contributed by atoms with van der Waals surface area (Å²) in [6.45, 7) is 0. The Morgan fingerprint density at radius 1 is 0.318 bits per heavy atom. The van der Waals surface area contributed by atoms with Gasteiger partial charge in [-0.25, -0.2) is 0 Å². The van der Waals surface area contributed by atoms with Crippen LogP contribution in [0.2, 0.25) is 0 Å². The van der Waals surface area contributed by atoms with E-state index < -0.39 is 10.8 Å². The maximum Gasteiger partial charge on any atom is 0.135 e. The van der Waals surface area contributed by atoms with Crippen molar-refractivity contribution in [2.75, 3.05) is 4.90 Å². The standard InChI is InChI=1S/C62H37NOS2/c1-4-19-45-40(16-1)41-34-32-39(37-52(41)62(45)49-23-8-13-30-58(49)66-59-31-14-9-24-50(59)62)63(38-33-35-55-44(36-38)42-17-3-10-27-54(42)64-55)53-26-15-25-51-60(53)43-18-2-5-20-46(43)61(51)47-21-6-11-28-56(47)65-57-29-12-7-22-48(57)61/h1-37H. The van der Waals surface area contributed by atoms with Gasteiger partial charge in [-0.2, -0.15) is 0 Å². The fourth-order valence-electron chi connectivity index (χ4n) is 12.3. The highest BCUT2D eigenvalue weighted by Crippen LogP contribution is 2.66. The lowest BCUT2D eigenvalue weighted by Crippen LogP contribution is -2.32. The average Bonchev–Trinajstić information content (AvgIpc) is 4.00. The van der Waals surface area contributed by atoms with E-state index in [0.717, 1.165) is 39.0 Å². The van der Waals surface area contributed by atoms with E-state index in [1.54, 1.807) is 0 Å². The summed E-state index contributed by atoms with van der Waals surface area (Å²) in [5.74, 6) is 0. The molecule has 2 nitrogen and oxygen atoms in total. The minimum absolute atomic E-state index is 0.506. The first-order valence-electron chi connectivity index (χ1n) is 22.7. The zero-order chi connectivity index (χ0) is 43.1. The van der Waals surface area contributed by atoms with E-state index in [0.29, 0.717) is 0 Å². The van der Waals surface area contributed by atoms with Gasteiger partial charge in [0.05, 0.1) is 16.5 Å². The number of hydrogen-bond donors (Lipinski definition) is 0. The molecule has 0 N–H and O–H groups in total. The lowest BCUT2D eigenvalue weighted by molar-refractivity contribution is 0.669. The van der Waals surface area contributed by atoms with E-state index in [9.17, 15) is 0 Å². The second-order valence-corrected chi connectivity index (χ2v) is 20.0. The van der Waals surface area contributed by atoms with E-state index >= 15 is 0 Å². The molecule has 2 aliphatic heterocycles. The third-order valence-corrected chi connectivity index (χ3v) is 17.1. The van der Waals surface area contributed by atoms with Crippen molar-refractivity contribution in [1.82, 2.24) is 0 Å². The van der Waals surface area contributed by atoms with Gasteiger partial charge in [-0.3, -0.25) is 0 Å². The molecule has 66 heavy (non-hydrogen) atoms. The molecule has 10 aromatic carbocycles. The predicted octanol–water partition coefficient (Wildman–Crippen LogP) is 16.7.